The van der Waals surface area contributed by atoms with Crippen LogP contribution in [-0.2, 0) is 22.7 Å². The molecule has 0 radical (unpaired) electrons. The van der Waals surface area contributed by atoms with E-state index < -0.39 is 0 Å². The van der Waals surface area contributed by atoms with Gasteiger partial charge in [0.15, 0.2) is 0 Å². The van der Waals surface area contributed by atoms with Crippen LogP contribution < -0.4 is 5.32 Å². The average molecular weight is 247 g/mol. The number of hydrogen-bond acceptors (Lipinski definition) is 3. The van der Waals surface area contributed by atoms with Crippen LogP contribution in [0.4, 0.5) is 0 Å². The van der Waals surface area contributed by atoms with E-state index in [1.165, 1.54) is 16.7 Å². The first-order chi connectivity index (χ1) is 8.78. The molecular weight excluding hydrogens is 226 g/mol. The number of benzene rings is 1. The van der Waals surface area contributed by atoms with Gasteiger partial charge < -0.3 is 14.8 Å². The summed E-state index contributed by atoms with van der Waals surface area (Å²) >= 11 is 0. The quantitative estimate of drug-likeness (QED) is 0.890. The van der Waals surface area contributed by atoms with E-state index in [9.17, 15) is 0 Å². The van der Waals surface area contributed by atoms with Crippen molar-refractivity contribution in [2.24, 2.45) is 0 Å². The fourth-order valence-electron chi connectivity index (χ4n) is 3.03. The molecular formula is C15H21NO2. The molecule has 2 aliphatic rings. The Balaban J connectivity index is 1.83. The van der Waals surface area contributed by atoms with Gasteiger partial charge in [0.2, 0.25) is 0 Å². The van der Waals surface area contributed by atoms with Crippen LogP contribution in [0, 0.1) is 0 Å². The second-order valence-corrected chi connectivity index (χ2v) is 5.35. The van der Waals surface area contributed by atoms with E-state index in [1.54, 1.807) is 0 Å². The summed E-state index contributed by atoms with van der Waals surface area (Å²) < 4.78 is 11.5. The maximum Gasteiger partial charge on any atom is 0.0774 e. The molecule has 18 heavy (non-hydrogen) atoms. The Morgan fingerprint density at radius 2 is 2.06 bits per heavy atom. The topological polar surface area (TPSA) is 30.5 Å². The van der Waals surface area contributed by atoms with Crippen LogP contribution in [-0.4, -0.2) is 19.3 Å². The van der Waals surface area contributed by atoms with Crippen LogP contribution in [0.1, 0.15) is 42.5 Å². The number of fused-ring (bicyclic) bond motifs is 1. The van der Waals surface area contributed by atoms with Gasteiger partial charge in [-0.25, -0.2) is 0 Å². The zero-order valence-electron chi connectivity index (χ0n) is 11.1. The molecule has 1 aromatic carbocycles. The van der Waals surface area contributed by atoms with Gasteiger partial charge in [0, 0.05) is 0 Å². The van der Waals surface area contributed by atoms with E-state index in [0.717, 1.165) is 26.1 Å². The Morgan fingerprint density at radius 3 is 2.78 bits per heavy atom. The summed E-state index contributed by atoms with van der Waals surface area (Å²) in [6.45, 7) is 3.67. The smallest absolute Gasteiger partial charge is 0.0774 e. The van der Waals surface area contributed by atoms with Crippen LogP contribution in [0.5, 0.6) is 0 Å². The lowest BCUT2D eigenvalue weighted by atomic mass is 9.96. The third-order valence-electron chi connectivity index (χ3n) is 4.05. The second-order valence-electron chi connectivity index (χ2n) is 5.35. The summed E-state index contributed by atoms with van der Waals surface area (Å²) in [7, 11) is 2.01. The van der Waals surface area contributed by atoms with Crippen molar-refractivity contribution in [2.75, 3.05) is 7.05 Å². The zero-order valence-corrected chi connectivity index (χ0v) is 11.1. The molecule has 3 nitrogen and oxygen atoms in total. The first kappa shape index (κ1) is 12.2. The molecule has 3 rings (SSSR count). The largest absolute Gasteiger partial charge is 0.373 e. The van der Waals surface area contributed by atoms with Crippen molar-refractivity contribution in [1.82, 2.24) is 5.32 Å². The van der Waals surface area contributed by atoms with Crippen LogP contribution >= 0.6 is 0 Å². The monoisotopic (exact) mass is 247 g/mol. The minimum absolute atomic E-state index is 0.292. The minimum Gasteiger partial charge on any atom is -0.373 e. The summed E-state index contributed by atoms with van der Waals surface area (Å²) in [5.41, 5.74) is 3.98. The van der Waals surface area contributed by atoms with E-state index in [1.807, 2.05) is 7.05 Å². The SMILES string of the molecule is CNC(c1ccc2c(c1)COC2)C1CCC(C)O1. The third-order valence-corrected chi connectivity index (χ3v) is 4.05. The molecule has 2 aliphatic heterocycles. The molecule has 3 atom stereocenters. The highest BCUT2D eigenvalue weighted by Gasteiger charge is 2.30. The Hall–Kier alpha value is -0.900. The highest BCUT2D eigenvalue weighted by Crippen LogP contribution is 2.32. The van der Waals surface area contributed by atoms with Gasteiger partial charge in [-0.2, -0.15) is 0 Å². The van der Waals surface area contributed by atoms with Gasteiger partial charge in [-0.3, -0.25) is 0 Å². The minimum atomic E-state index is 0.292. The predicted molar refractivity (Wildman–Crippen MR) is 70.3 cm³/mol. The first-order valence-electron chi connectivity index (χ1n) is 6.80. The molecule has 1 aromatic rings. The molecule has 0 aliphatic carbocycles. The molecule has 2 heterocycles. The van der Waals surface area contributed by atoms with Crippen molar-refractivity contribution in [1.29, 1.82) is 0 Å². The maximum atomic E-state index is 5.99. The number of rotatable bonds is 3. The lowest BCUT2D eigenvalue weighted by molar-refractivity contribution is 0.0333. The molecule has 98 valence electrons. The number of ether oxygens (including phenoxy) is 2. The van der Waals surface area contributed by atoms with Crippen molar-refractivity contribution in [3.8, 4) is 0 Å². The molecule has 1 saturated heterocycles. The van der Waals surface area contributed by atoms with Gasteiger partial charge in [0.25, 0.3) is 0 Å². The zero-order chi connectivity index (χ0) is 12.5. The Morgan fingerprint density at radius 1 is 1.22 bits per heavy atom. The summed E-state index contributed by atoms with van der Waals surface area (Å²) in [6, 6.07) is 6.97. The van der Waals surface area contributed by atoms with Crippen molar-refractivity contribution in [3.05, 3.63) is 34.9 Å². The lowest BCUT2D eigenvalue weighted by Gasteiger charge is -2.24. The standard InChI is InChI=1S/C15H21NO2/c1-10-3-6-14(18-10)15(16-2)11-4-5-12-8-17-9-13(12)7-11/h4-5,7,10,14-16H,3,6,8-9H2,1-2H3. The molecule has 0 aromatic heterocycles. The second kappa shape index (κ2) is 5.00. The lowest BCUT2D eigenvalue weighted by Crippen LogP contribution is -2.29. The molecule has 1 fully saturated rings. The van der Waals surface area contributed by atoms with Crippen molar-refractivity contribution in [3.63, 3.8) is 0 Å². The molecule has 3 heteroatoms. The summed E-state index contributed by atoms with van der Waals surface area (Å²) in [4.78, 5) is 0. The fraction of sp³-hybridized carbons (Fsp3) is 0.600. The Labute approximate surface area is 108 Å². The van der Waals surface area contributed by atoms with Crippen molar-refractivity contribution < 1.29 is 9.47 Å². The Kier molecular flexibility index (Phi) is 3.37. The molecule has 0 bridgehead atoms. The molecule has 0 amide bonds. The summed E-state index contributed by atoms with van der Waals surface area (Å²) in [5.74, 6) is 0. The van der Waals surface area contributed by atoms with Crippen LogP contribution in [0.15, 0.2) is 18.2 Å². The average Bonchev–Trinajstić information content (AvgIpc) is 2.99. The highest BCUT2D eigenvalue weighted by atomic mass is 16.5. The van der Waals surface area contributed by atoms with Gasteiger partial charge in [-0.05, 0) is 43.5 Å². The predicted octanol–water partition coefficient (Wildman–Crippen LogP) is 2.54. The third kappa shape index (κ3) is 2.18. The summed E-state index contributed by atoms with van der Waals surface area (Å²) in [5, 5.41) is 3.41. The Bertz CT molecular complexity index is 433. The molecule has 1 N–H and O–H groups in total. The van der Waals surface area contributed by atoms with Gasteiger partial charge in [-0.1, -0.05) is 18.2 Å². The van der Waals surface area contributed by atoms with E-state index >= 15 is 0 Å². The molecule has 0 saturated carbocycles. The maximum absolute atomic E-state index is 5.99. The summed E-state index contributed by atoms with van der Waals surface area (Å²) in [6.07, 6.45) is 2.99. The van der Waals surface area contributed by atoms with Crippen molar-refractivity contribution in [2.45, 2.75) is 51.2 Å². The highest BCUT2D eigenvalue weighted by molar-refractivity contribution is 5.35. The number of likely N-dealkylation sites (N-methyl/N-ethyl adjacent to an activating group) is 1. The van der Waals surface area contributed by atoms with Gasteiger partial charge in [-0.15, -0.1) is 0 Å². The number of nitrogens with one attached hydrogen (secondary N) is 1. The van der Waals surface area contributed by atoms with E-state index in [0.29, 0.717) is 18.2 Å². The van der Waals surface area contributed by atoms with Gasteiger partial charge >= 0.3 is 0 Å². The van der Waals surface area contributed by atoms with Crippen LogP contribution in [0.25, 0.3) is 0 Å². The molecule has 3 unspecified atom stereocenters. The first-order valence-corrected chi connectivity index (χ1v) is 6.80. The number of hydrogen-bond donors (Lipinski definition) is 1. The van der Waals surface area contributed by atoms with E-state index in [-0.39, 0.29) is 0 Å². The molecule has 0 spiro atoms. The van der Waals surface area contributed by atoms with E-state index in [4.69, 9.17) is 9.47 Å². The normalized spacial score (nSPS) is 28.3. The van der Waals surface area contributed by atoms with E-state index in [2.05, 4.69) is 30.4 Å². The van der Waals surface area contributed by atoms with Gasteiger partial charge in [0.05, 0.1) is 31.5 Å². The van der Waals surface area contributed by atoms with Crippen LogP contribution in [0.2, 0.25) is 0 Å². The van der Waals surface area contributed by atoms with Gasteiger partial charge in [0.1, 0.15) is 0 Å². The van der Waals surface area contributed by atoms with Crippen molar-refractivity contribution >= 4 is 0 Å². The fourth-order valence-corrected chi connectivity index (χ4v) is 3.03. The van der Waals surface area contributed by atoms with Crippen LogP contribution in [0.3, 0.4) is 0 Å².